The van der Waals surface area contributed by atoms with Crippen LogP contribution in [-0.4, -0.2) is 31.7 Å². The largest absolute Gasteiger partial charge is 0.397 e. The van der Waals surface area contributed by atoms with E-state index in [1.54, 1.807) is 0 Å². The number of nitrogens with two attached hydrogens (primary N) is 1. The minimum absolute atomic E-state index is 0.0854. The number of rotatable bonds is 2. The number of benzene rings is 1. The lowest BCUT2D eigenvalue weighted by Crippen LogP contribution is -2.45. The summed E-state index contributed by atoms with van der Waals surface area (Å²) in [5, 5.41) is 2.95. The molecule has 1 fully saturated rings. The fraction of sp³-hybridized carbons (Fsp3) is 0.533. The van der Waals surface area contributed by atoms with Gasteiger partial charge in [0.2, 0.25) is 5.91 Å². The number of nitrogens with zero attached hydrogens (tertiary/aromatic N) is 1. The Balaban J connectivity index is 1.96. The molecule has 0 radical (unpaired) electrons. The van der Waals surface area contributed by atoms with Crippen molar-refractivity contribution < 1.29 is 9.53 Å². The number of ether oxygens (including phenoxy) is 1. The molecule has 3 N–H and O–H groups in total. The van der Waals surface area contributed by atoms with Crippen LogP contribution in [0, 0.1) is 0 Å². The predicted octanol–water partition coefficient (Wildman–Crippen LogP) is 1.77. The Hall–Kier alpha value is -1.75. The first kappa shape index (κ1) is 13.2. The molecule has 3 rings (SSSR count). The molecule has 2 heterocycles. The standard InChI is InChI=1S/C15H21N3O2/c1-2-11-9-20-6-5-18(11)14-8-13-10(7-12(14)16)3-4-15(19)17-13/h7-8,11H,2-6,9,16H2,1H3,(H,17,19). The molecule has 5 nitrogen and oxygen atoms in total. The van der Waals surface area contributed by atoms with Crippen molar-refractivity contribution in [2.75, 3.05) is 35.7 Å². The number of nitrogen functional groups attached to an aromatic ring is 1. The van der Waals surface area contributed by atoms with E-state index in [1.165, 1.54) is 0 Å². The number of hydrogen-bond acceptors (Lipinski definition) is 4. The first-order valence-corrected chi connectivity index (χ1v) is 7.25. The molecule has 0 aromatic heterocycles. The highest BCUT2D eigenvalue weighted by Gasteiger charge is 2.25. The van der Waals surface area contributed by atoms with Gasteiger partial charge in [0.05, 0.1) is 30.6 Å². The van der Waals surface area contributed by atoms with Gasteiger partial charge < -0.3 is 20.7 Å². The molecule has 1 unspecified atom stereocenters. The van der Waals surface area contributed by atoms with Gasteiger partial charge in [-0.05, 0) is 30.5 Å². The highest BCUT2D eigenvalue weighted by Crippen LogP contribution is 2.35. The lowest BCUT2D eigenvalue weighted by atomic mass is 10.00. The van der Waals surface area contributed by atoms with Crippen molar-refractivity contribution in [2.24, 2.45) is 0 Å². The van der Waals surface area contributed by atoms with Gasteiger partial charge in [-0.1, -0.05) is 6.92 Å². The summed E-state index contributed by atoms with van der Waals surface area (Å²) < 4.78 is 5.54. The van der Waals surface area contributed by atoms with E-state index in [-0.39, 0.29) is 5.91 Å². The SMILES string of the molecule is CCC1COCCN1c1cc2c(cc1N)CCC(=O)N2. The first-order chi connectivity index (χ1) is 9.69. The Morgan fingerprint density at radius 2 is 2.30 bits per heavy atom. The molecule has 1 aromatic rings. The quantitative estimate of drug-likeness (QED) is 0.807. The molecule has 0 bridgehead atoms. The molecule has 0 saturated carbocycles. The van der Waals surface area contributed by atoms with Gasteiger partial charge in [-0.15, -0.1) is 0 Å². The van der Waals surface area contributed by atoms with Crippen LogP contribution in [0.5, 0.6) is 0 Å². The maximum absolute atomic E-state index is 11.5. The number of amides is 1. The van der Waals surface area contributed by atoms with Gasteiger partial charge in [0, 0.05) is 18.7 Å². The number of carbonyl (C=O) groups excluding carboxylic acids is 1. The van der Waals surface area contributed by atoms with E-state index in [0.29, 0.717) is 12.5 Å². The Bertz CT molecular complexity index is 530. The first-order valence-electron chi connectivity index (χ1n) is 7.25. The zero-order valence-corrected chi connectivity index (χ0v) is 11.8. The normalized spacial score (nSPS) is 22.4. The topological polar surface area (TPSA) is 67.6 Å². The van der Waals surface area contributed by atoms with E-state index in [9.17, 15) is 4.79 Å². The number of fused-ring (bicyclic) bond motifs is 1. The monoisotopic (exact) mass is 275 g/mol. The van der Waals surface area contributed by atoms with E-state index in [1.807, 2.05) is 12.1 Å². The van der Waals surface area contributed by atoms with Crippen molar-refractivity contribution in [1.82, 2.24) is 0 Å². The fourth-order valence-electron chi connectivity index (χ4n) is 3.00. The molecule has 20 heavy (non-hydrogen) atoms. The van der Waals surface area contributed by atoms with E-state index < -0.39 is 0 Å². The number of anilines is 3. The minimum atomic E-state index is 0.0854. The smallest absolute Gasteiger partial charge is 0.224 e. The summed E-state index contributed by atoms with van der Waals surface area (Å²) in [6.07, 6.45) is 2.33. The number of nitrogens with one attached hydrogen (secondary N) is 1. The summed E-state index contributed by atoms with van der Waals surface area (Å²) in [6, 6.07) is 4.38. The van der Waals surface area contributed by atoms with E-state index in [2.05, 4.69) is 17.1 Å². The molecule has 5 heteroatoms. The zero-order valence-electron chi connectivity index (χ0n) is 11.8. The van der Waals surface area contributed by atoms with Gasteiger partial charge in [-0.25, -0.2) is 0 Å². The van der Waals surface area contributed by atoms with Crippen LogP contribution in [0.4, 0.5) is 17.1 Å². The van der Waals surface area contributed by atoms with Gasteiger partial charge in [0.25, 0.3) is 0 Å². The molecular weight excluding hydrogens is 254 g/mol. The zero-order chi connectivity index (χ0) is 14.1. The maximum atomic E-state index is 11.5. The average molecular weight is 275 g/mol. The van der Waals surface area contributed by atoms with Gasteiger partial charge in [-0.3, -0.25) is 4.79 Å². The summed E-state index contributed by atoms with van der Waals surface area (Å²) in [5.74, 6) is 0.0854. The molecule has 1 saturated heterocycles. The van der Waals surface area contributed by atoms with E-state index >= 15 is 0 Å². The van der Waals surface area contributed by atoms with Crippen LogP contribution < -0.4 is 16.0 Å². The van der Waals surface area contributed by atoms with Crippen molar-refractivity contribution in [3.8, 4) is 0 Å². The van der Waals surface area contributed by atoms with Crippen LogP contribution in [0.1, 0.15) is 25.3 Å². The Morgan fingerprint density at radius 3 is 3.10 bits per heavy atom. The van der Waals surface area contributed by atoms with E-state index in [0.717, 1.165) is 55.2 Å². The molecule has 2 aliphatic heterocycles. The van der Waals surface area contributed by atoms with Crippen molar-refractivity contribution in [2.45, 2.75) is 32.2 Å². The lowest BCUT2D eigenvalue weighted by molar-refractivity contribution is -0.116. The molecular formula is C15H21N3O2. The van der Waals surface area contributed by atoms with Crippen LogP contribution in [0.3, 0.4) is 0 Å². The summed E-state index contributed by atoms with van der Waals surface area (Å²) in [4.78, 5) is 13.8. The highest BCUT2D eigenvalue weighted by molar-refractivity contribution is 5.95. The molecule has 108 valence electrons. The van der Waals surface area contributed by atoms with Crippen molar-refractivity contribution in [3.05, 3.63) is 17.7 Å². The second kappa shape index (κ2) is 5.32. The number of hydrogen-bond donors (Lipinski definition) is 2. The second-order valence-corrected chi connectivity index (χ2v) is 5.45. The van der Waals surface area contributed by atoms with Crippen LogP contribution in [0.25, 0.3) is 0 Å². The maximum Gasteiger partial charge on any atom is 0.224 e. The molecule has 1 atom stereocenters. The van der Waals surface area contributed by atoms with Crippen LogP contribution in [-0.2, 0) is 16.0 Å². The van der Waals surface area contributed by atoms with Gasteiger partial charge in [-0.2, -0.15) is 0 Å². The summed E-state index contributed by atoms with van der Waals surface area (Å²) in [6.45, 7) is 4.46. The molecule has 1 amide bonds. The second-order valence-electron chi connectivity index (χ2n) is 5.45. The molecule has 0 spiro atoms. The lowest BCUT2D eigenvalue weighted by Gasteiger charge is -2.38. The van der Waals surface area contributed by atoms with Crippen molar-refractivity contribution in [1.29, 1.82) is 0 Å². The summed E-state index contributed by atoms with van der Waals surface area (Å²) in [5.41, 5.74) is 10.1. The number of morpholine rings is 1. The summed E-state index contributed by atoms with van der Waals surface area (Å²) in [7, 11) is 0. The summed E-state index contributed by atoms with van der Waals surface area (Å²) >= 11 is 0. The third-order valence-corrected chi connectivity index (χ3v) is 4.16. The third kappa shape index (κ3) is 2.33. The van der Waals surface area contributed by atoms with E-state index in [4.69, 9.17) is 10.5 Å². The van der Waals surface area contributed by atoms with Gasteiger partial charge in [0.15, 0.2) is 0 Å². The number of aryl methyl sites for hydroxylation is 1. The minimum Gasteiger partial charge on any atom is -0.397 e. The Kier molecular flexibility index (Phi) is 3.53. The highest BCUT2D eigenvalue weighted by atomic mass is 16.5. The van der Waals surface area contributed by atoms with Crippen LogP contribution >= 0.6 is 0 Å². The molecule has 0 aliphatic carbocycles. The molecule has 1 aromatic carbocycles. The Labute approximate surface area is 119 Å². The third-order valence-electron chi connectivity index (χ3n) is 4.16. The predicted molar refractivity (Wildman–Crippen MR) is 80.0 cm³/mol. The van der Waals surface area contributed by atoms with Gasteiger partial charge in [0.1, 0.15) is 0 Å². The van der Waals surface area contributed by atoms with Crippen LogP contribution in [0.2, 0.25) is 0 Å². The Morgan fingerprint density at radius 1 is 1.45 bits per heavy atom. The average Bonchev–Trinajstić information content (AvgIpc) is 2.47. The van der Waals surface area contributed by atoms with Crippen LogP contribution in [0.15, 0.2) is 12.1 Å². The number of carbonyl (C=O) groups is 1. The van der Waals surface area contributed by atoms with Crippen molar-refractivity contribution >= 4 is 23.0 Å². The van der Waals surface area contributed by atoms with Crippen molar-refractivity contribution in [3.63, 3.8) is 0 Å². The molecule has 2 aliphatic rings. The fourth-order valence-corrected chi connectivity index (χ4v) is 3.00. The van der Waals surface area contributed by atoms with Gasteiger partial charge >= 0.3 is 0 Å².